The smallest absolute Gasteiger partial charge is 0.416 e. The Morgan fingerprint density at radius 2 is 1.42 bits per heavy atom. The van der Waals surface area contributed by atoms with E-state index < -0.39 is 41.6 Å². The zero-order chi connectivity index (χ0) is 37.8. The molecule has 1 aliphatic carbocycles. The fourth-order valence-corrected chi connectivity index (χ4v) is 7.50. The lowest BCUT2D eigenvalue weighted by Gasteiger charge is -2.47. The number of piperidine rings is 1. The summed E-state index contributed by atoms with van der Waals surface area (Å²) in [5, 5.41) is 13.3. The lowest BCUT2D eigenvalue weighted by molar-refractivity contribution is -0.143. The van der Waals surface area contributed by atoms with Crippen molar-refractivity contribution in [3.63, 3.8) is 0 Å². The van der Waals surface area contributed by atoms with Gasteiger partial charge in [-0.15, -0.1) is 0 Å². The summed E-state index contributed by atoms with van der Waals surface area (Å²) in [4.78, 5) is 37.2. The van der Waals surface area contributed by atoms with E-state index in [1.165, 1.54) is 12.4 Å². The summed E-state index contributed by atoms with van der Waals surface area (Å²) in [6.07, 6.45) is 0.893. The third kappa shape index (κ3) is 9.54. The molecule has 0 spiro atoms. The zero-order valence-corrected chi connectivity index (χ0v) is 29.3. The van der Waals surface area contributed by atoms with Gasteiger partial charge in [0.15, 0.2) is 0 Å². The predicted octanol–water partition coefficient (Wildman–Crippen LogP) is 8.36. The summed E-state index contributed by atoms with van der Waals surface area (Å²) < 4.78 is 90.4. The first-order valence-electron chi connectivity index (χ1n) is 17.6. The molecule has 3 heterocycles. The highest BCUT2D eigenvalue weighted by molar-refractivity contribution is 5.69. The van der Waals surface area contributed by atoms with Crippen molar-refractivity contribution in [3.05, 3.63) is 59.7 Å². The maximum absolute atomic E-state index is 13.8. The molecule has 1 N–H and O–H groups in total. The van der Waals surface area contributed by atoms with Crippen molar-refractivity contribution in [1.29, 1.82) is 0 Å². The summed E-state index contributed by atoms with van der Waals surface area (Å²) in [7, 11) is 1.75. The number of carbonyl (C=O) groups is 2. The van der Waals surface area contributed by atoms with Gasteiger partial charge in [-0.25, -0.2) is 14.8 Å². The first-order chi connectivity index (χ1) is 24.5. The number of aryl methyl sites for hydroxylation is 1. The van der Waals surface area contributed by atoms with Crippen LogP contribution in [0.5, 0.6) is 0 Å². The first kappa shape index (κ1) is 38.9. The van der Waals surface area contributed by atoms with Gasteiger partial charge < -0.3 is 19.6 Å². The molecule has 3 aromatic rings. The lowest BCUT2D eigenvalue weighted by Crippen LogP contribution is -2.57. The summed E-state index contributed by atoms with van der Waals surface area (Å²) in [5.74, 6) is -0.444. The standard InChI is InChI=1S/C36H44F6N6O4/c1-4-29-14-31(15-30(5-2)48(29)34(51)52-21-23-8-6-22(7-9-23)12-32(49)50)47(33-43-16-25(17-44-33)26-18-45-46(3)20-26)19-24-10-27(35(37,38)39)13-28(11-24)36(40,41)42/h10-11,13,16-18,20,22-23,29-31H,4-9,12,14-15,19,21H2,1-3H3,(H,49,50). The molecule has 2 unspecified atom stereocenters. The minimum Gasteiger partial charge on any atom is -0.481 e. The molecule has 2 aliphatic rings. The summed E-state index contributed by atoms with van der Waals surface area (Å²) in [6, 6.07) is 0.430. The second kappa shape index (κ2) is 16.1. The largest absolute Gasteiger partial charge is 0.481 e. The maximum atomic E-state index is 13.8. The first-order valence-corrected chi connectivity index (χ1v) is 17.6. The number of aromatic nitrogens is 4. The Balaban J connectivity index is 1.40. The second-order valence-electron chi connectivity index (χ2n) is 13.9. The molecule has 1 saturated carbocycles. The molecule has 1 aliphatic heterocycles. The van der Waals surface area contributed by atoms with Gasteiger partial charge in [0.25, 0.3) is 0 Å². The third-order valence-electron chi connectivity index (χ3n) is 10.3. The Morgan fingerprint density at radius 1 is 0.865 bits per heavy atom. The van der Waals surface area contributed by atoms with Crippen LogP contribution >= 0.6 is 0 Å². The van der Waals surface area contributed by atoms with Gasteiger partial charge in [-0.1, -0.05) is 13.8 Å². The van der Waals surface area contributed by atoms with Crippen molar-refractivity contribution in [3.8, 4) is 11.1 Å². The van der Waals surface area contributed by atoms with E-state index >= 15 is 0 Å². The number of likely N-dealkylation sites (tertiary alicyclic amines) is 1. The van der Waals surface area contributed by atoms with Gasteiger partial charge in [0.05, 0.1) is 23.9 Å². The minimum atomic E-state index is -5.01. The highest BCUT2D eigenvalue weighted by atomic mass is 19.4. The van der Waals surface area contributed by atoms with Gasteiger partial charge in [0.2, 0.25) is 5.95 Å². The van der Waals surface area contributed by atoms with Gasteiger partial charge in [-0.2, -0.15) is 31.4 Å². The van der Waals surface area contributed by atoms with E-state index in [-0.39, 0.29) is 61.1 Å². The highest BCUT2D eigenvalue weighted by Crippen LogP contribution is 2.39. The molecule has 2 fully saturated rings. The molecule has 2 atom stereocenters. The van der Waals surface area contributed by atoms with Gasteiger partial charge >= 0.3 is 24.4 Å². The van der Waals surface area contributed by atoms with Crippen LogP contribution in [-0.2, 0) is 35.5 Å². The van der Waals surface area contributed by atoms with Crippen LogP contribution in [0.25, 0.3) is 11.1 Å². The monoisotopic (exact) mass is 738 g/mol. The molecule has 0 radical (unpaired) electrons. The molecule has 1 aromatic carbocycles. The number of ether oxygens (including phenoxy) is 1. The van der Waals surface area contributed by atoms with Gasteiger partial charge in [0, 0.05) is 67.9 Å². The van der Waals surface area contributed by atoms with Crippen molar-refractivity contribution in [1.82, 2.24) is 24.6 Å². The molecule has 0 bridgehead atoms. The summed E-state index contributed by atoms with van der Waals surface area (Å²) in [6.45, 7) is 3.70. The Bertz CT molecular complexity index is 1630. The number of hydrogen-bond donors (Lipinski definition) is 1. The van der Waals surface area contributed by atoms with Crippen molar-refractivity contribution in [2.24, 2.45) is 18.9 Å². The number of hydrogen-bond acceptors (Lipinski definition) is 7. The van der Waals surface area contributed by atoms with Crippen LogP contribution < -0.4 is 4.90 Å². The Hall–Kier alpha value is -4.37. The van der Waals surface area contributed by atoms with Crippen LogP contribution in [0.1, 0.15) is 88.3 Å². The summed E-state index contributed by atoms with van der Waals surface area (Å²) >= 11 is 0. The molecule has 10 nitrogen and oxygen atoms in total. The SMILES string of the molecule is CCC1CC(N(Cc2cc(C(F)(F)F)cc(C(F)(F)F)c2)c2ncc(-c3cnn(C)c3)cn2)CC(CC)N1C(=O)OCC1CCC(CC(=O)O)CC1. The number of aliphatic carboxylic acids is 1. The van der Waals surface area contributed by atoms with Crippen molar-refractivity contribution in [2.45, 2.75) is 109 Å². The number of carbonyl (C=O) groups excluding carboxylic acids is 1. The molecule has 2 aromatic heterocycles. The van der Waals surface area contributed by atoms with Crippen molar-refractivity contribution < 1.29 is 45.8 Å². The van der Waals surface area contributed by atoms with Crippen LogP contribution in [0.2, 0.25) is 0 Å². The molecule has 1 saturated heterocycles. The summed E-state index contributed by atoms with van der Waals surface area (Å²) in [5.41, 5.74) is -1.67. The molecule has 1 amide bonds. The number of nitrogens with zero attached hydrogens (tertiary/aromatic N) is 6. The number of rotatable bonds is 11. The Labute approximate surface area is 298 Å². The van der Waals surface area contributed by atoms with E-state index in [4.69, 9.17) is 9.84 Å². The Morgan fingerprint density at radius 3 is 1.90 bits per heavy atom. The van der Waals surface area contributed by atoms with Gasteiger partial charge in [0.1, 0.15) is 0 Å². The second-order valence-corrected chi connectivity index (χ2v) is 13.9. The number of halogens is 6. The van der Waals surface area contributed by atoms with E-state index in [9.17, 15) is 35.9 Å². The number of carboxylic acids is 1. The quantitative estimate of drug-likeness (QED) is 0.195. The number of anilines is 1. The van der Waals surface area contributed by atoms with E-state index in [1.54, 1.807) is 33.9 Å². The van der Waals surface area contributed by atoms with Crippen LogP contribution in [0.4, 0.5) is 37.1 Å². The van der Waals surface area contributed by atoms with E-state index in [1.807, 2.05) is 13.8 Å². The molecular weight excluding hydrogens is 694 g/mol. The fourth-order valence-electron chi connectivity index (χ4n) is 7.50. The van der Waals surface area contributed by atoms with E-state index in [2.05, 4.69) is 15.1 Å². The van der Waals surface area contributed by atoms with Crippen molar-refractivity contribution in [2.75, 3.05) is 11.5 Å². The van der Waals surface area contributed by atoms with Gasteiger partial charge in [-0.05, 0) is 87.0 Å². The average molecular weight is 739 g/mol. The number of amides is 1. The highest BCUT2D eigenvalue weighted by Gasteiger charge is 2.42. The average Bonchev–Trinajstić information content (AvgIpc) is 3.54. The third-order valence-corrected chi connectivity index (χ3v) is 10.3. The topological polar surface area (TPSA) is 114 Å². The van der Waals surface area contributed by atoms with Crippen LogP contribution in [-0.4, -0.2) is 66.5 Å². The van der Waals surface area contributed by atoms with E-state index in [0.717, 1.165) is 43.4 Å². The predicted molar refractivity (Wildman–Crippen MR) is 179 cm³/mol. The Kier molecular flexibility index (Phi) is 12.0. The number of benzene rings is 1. The normalized spacial score (nSPS) is 22.6. The van der Waals surface area contributed by atoms with Crippen molar-refractivity contribution >= 4 is 18.0 Å². The van der Waals surface area contributed by atoms with E-state index in [0.29, 0.717) is 31.2 Å². The number of alkyl halides is 6. The lowest BCUT2D eigenvalue weighted by atomic mass is 9.81. The molecular formula is C36H44F6N6O4. The van der Waals surface area contributed by atoms with Crippen LogP contribution in [0.15, 0.2) is 43.0 Å². The molecule has 16 heteroatoms. The van der Waals surface area contributed by atoms with Gasteiger partial charge in [-0.3, -0.25) is 9.48 Å². The maximum Gasteiger partial charge on any atom is 0.416 e. The van der Waals surface area contributed by atoms with Crippen LogP contribution in [0, 0.1) is 11.8 Å². The zero-order valence-electron chi connectivity index (χ0n) is 29.3. The molecule has 5 rings (SSSR count). The van der Waals surface area contributed by atoms with Crippen LogP contribution in [0.3, 0.4) is 0 Å². The minimum absolute atomic E-state index is 0.110. The fraction of sp³-hybridized carbons (Fsp3) is 0.583. The number of carboxylic acid groups (broad SMARTS) is 1. The molecule has 284 valence electrons. The molecule has 52 heavy (non-hydrogen) atoms.